The van der Waals surface area contributed by atoms with E-state index in [-0.39, 0.29) is 5.78 Å². The molecule has 0 heterocycles. The second-order valence-corrected chi connectivity index (χ2v) is 11.2. The van der Waals surface area contributed by atoms with Gasteiger partial charge in [-0.2, -0.15) is 5.26 Å². The van der Waals surface area contributed by atoms with E-state index in [9.17, 15) is 10.1 Å². The molecule has 0 unspecified atom stereocenters. The van der Waals surface area contributed by atoms with Crippen molar-refractivity contribution in [2.45, 2.75) is 45.3 Å². The number of carbonyl (C=O) groups excluding carboxylic acids is 1. The van der Waals surface area contributed by atoms with Crippen molar-refractivity contribution in [1.82, 2.24) is 0 Å². The van der Waals surface area contributed by atoms with Crippen molar-refractivity contribution in [3.63, 3.8) is 0 Å². The van der Waals surface area contributed by atoms with Crippen molar-refractivity contribution in [1.29, 1.82) is 5.26 Å². The standard InChI is InChI=1S/C13H19NOSi/c1-16(2,3)8-11-5-4-10-6-7-12(15)13(10,11)9-14/h8,10H,4-7H2,1-3H3/b11-8+/t10-,13+/m0/s1. The molecule has 2 saturated carbocycles. The summed E-state index contributed by atoms with van der Waals surface area (Å²) >= 11 is 0. The number of Topliss-reactive ketones (excluding diaryl/α,β-unsaturated/α-hetero) is 1. The Bertz CT molecular complexity index is 399. The Kier molecular flexibility index (Phi) is 2.58. The molecule has 86 valence electrons. The van der Waals surface area contributed by atoms with Gasteiger partial charge in [0.1, 0.15) is 5.41 Å². The molecule has 3 heteroatoms. The van der Waals surface area contributed by atoms with Crippen LogP contribution in [0.3, 0.4) is 0 Å². The Morgan fingerprint density at radius 2 is 2.00 bits per heavy atom. The number of nitrogens with zero attached hydrogens (tertiary/aromatic N) is 1. The monoisotopic (exact) mass is 233 g/mol. The fourth-order valence-corrected chi connectivity index (χ4v) is 4.63. The summed E-state index contributed by atoms with van der Waals surface area (Å²) in [6.45, 7) is 6.79. The van der Waals surface area contributed by atoms with Gasteiger partial charge in [0.15, 0.2) is 5.78 Å². The van der Waals surface area contributed by atoms with E-state index in [1.165, 1.54) is 0 Å². The molecule has 0 spiro atoms. The lowest BCUT2D eigenvalue weighted by atomic mass is 9.78. The van der Waals surface area contributed by atoms with E-state index in [4.69, 9.17) is 0 Å². The molecule has 2 aliphatic rings. The molecule has 2 nitrogen and oxygen atoms in total. The third-order valence-corrected chi connectivity index (χ3v) is 5.04. The normalized spacial score (nSPS) is 36.5. The molecule has 2 aliphatic carbocycles. The summed E-state index contributed by atoms with van der Waals surface area (Å²) < 4.78 is 0. The van der Waals surface area contributed by atoms with Gasteiger partial charge in [0, 0.05) is 6.42 Å². The van der Waals surface area contributed by atoms with Crippen molar-refractivity contribution >= 4 is 13.9 Å². The summed E-state index contributed by atoms with van der Waals surface area (Å²) in [6, 6.07) is 2.37. The molecule has 0 radical (unpaired) electrons. The number of allylic oxidation sites excluding steroid dienone is 1. The Morgan fingerprint density at radius 3 is 2.56 bits per heavy atom. The molecule has 2 atom stereocenters. The Morgan fingerprint density at radius 1 is 1.38 bits per heavy atom. The van der Waals surface area contributed by atoms with Crippen LogP contribution < -0.4 is 0 Å². The van der Waals surface area contributed by atoms with E-state index >= 15 is 0 Å². The van der Waals surface area contributed by atoms with Crippen molar-refractivity contribution in [3.05, 3.63) is 11.3 Å². The van der Waals surface area contributed by atoms with E-state index in [1.54, 1.807) is 0 Å². The predicted octanol–water partition coefficient (Wildman–Crippen LogP) is 3.07. The number of rotatable bonds is 1. The summed E-state index contributed by atoms with van der Waals surface area (Å²) in [5, 5.41) is 9.47. The zero-order valence-electron chi connectivity index (χ0n) is 10.3. The minimum Gasteiger partial charge on any atom is -0.298 e. The Hall–Kier alpha value is -0.883. The van der Waals surface area contributed by atoms with Gasteiger partial charge in [-0.25, -0.2) is 0 Å². The van der Waals surface area contributed by atoms with Gasteiger partial charge in [-0.15, -0.1) is 0 Å². The Balaban J connectivity index is 2.47. The number of hydrogen-bond donors (Lipinski definition) is 0. The number of hydrogen-bond acceptors (Lipinski definition) is 2. The van der Waals surface area contributed by atoms with Gasteiger partial charge in [-0.05, 0) is 25.2 Å². The molecule has 0 aromatic rings. The van der Waals surface area contributed by atoms with Gasteiger partial charge in [0.25, 0.3) is 0 Å². The second kappa shape index (κ2) is 3.56. The average molecular weight is 233 g/mol. The van der Waals surface area contributed by atoms with Crippen LogP contribution in [0.1, 0.15) is 25.7 Å². The van der Waals surface area contributed by atoms with Crippen LogP contribution in [0.4, 0.5) is 0 Å². The topological polar surface area (TPSA) is 40.9 Å². The predicted molar refractivity (Wildman–Crippen MR) is 66.4 cm³/mol. The highest BCUT2D eigenvalue weighted by Gasteiger charge is 2.56. The maximum Gasteiger partial charge on any atom is 0.157 e. The molecular formula is C13H19NOSi. The van der Waals surface area contributed by atoms with Crippen LogP contribution in [0.15, 0.2) is 11.3 Å². The average Bonchev–Trinajstić information content (AvgIpc) is 2.65. The molecule has 2 fully saturated rings. The minimum atomic E-state index is -1.34. The van der Waals surface area contributed by atoms with E-state index in [0.717, 1.165) is 24.8 Å². The highest BCUT2D eigenvalue weighted by atomic mass is 28.3. The summed E-state index contributed by atoms with van der Waals surface area (Å²) in [7, 11) is -1.34. The van der Waals surface area contributed by atoms with Crippen molar-refractivity contribution in [2.75, 3.05) is 0 Å². The molecule has 16 heavy (non-hydrogen) atoms. The second-order valence-electron chi connectivity index (χ2n) is 6.15. The lowest BCUT2D eigenvalue weighted by Crippen LogP contribution is -2.30. The van der Waals surface area contributed by atoms with Crippen molar-refractivity contribution < 1.29 is 4.79 Å². The zero-order valence-corrected chi connectivity index (χ0v) is 11.3. The summed E-state index contributed by atoms with van der Waals surface area (Å²) in [5.74, 6) is 0.495. The summed E-state index contributed by atoms with van der Waals surface area (Å²) in [4.78, 5) is 12.1. The molecule has 0 saturated heterocycles. The maximum atomic E-state index is 12.1. The van der Waals surface area contributed by atoms with Crippen molar-refractivity contribution in [3.8, 4) is 6.07 Å². The van der Waals surface area contributed by atoms with Crippen molar-refractivity contribution in [2.24, 2.45) is 11.3 Å². The minimum absolute atomic E-state index is 0.182. The molecule has 0 bridgehead atoms. The molecule has 0 aromatic heterocycles. The van der Waals surface area contributed by atoms with Crippen LogP contribution in [0.2, 0.25) is 19.6 Å². The van der Waals surface area contributed by atoms with Crippen LogP contribution in [-0.2, 0) is 4.79 Å². The number of fused-ring (bicyclic) bond motifs is 1. The highest BCUT2D eigenvalue weighted by molar-refractivity contribution is 6.81. The largest absolute Gasteiger partial charge is 0.298 e. The Labute approximate surface area is 98.4 Å². The number of nitriles is 1. The van der Waals surface area contributed by atoms with Gasteiger partial charge in [0.05, 0.1) is 14.1 Å². The van der Waals surface area contributed by atoms with E-state index < -0.39 is 13.5 Å². The number of carbonyl (C=O) groups is 1. The molecule has 0 N–H and O–H groups in total. The molecule has 0 amide bonds. The lowest BCUT2D eigenvalue weighted by molar-refractivity contribution is -0.122. The SMILES string of the molecule is C[Si](C)(C)/C=C1\CC[C@H]2CCC(=O)[C@@]12C#N. The highest BCUT2D eigenvalue weighted by Crippen LogP contribution is 2.55. The van der Waals surface area contributed by atoms with Crippen LogP contribution in [-0.4, -0.2) is 13.9 Å². The van der Waals surface area contributed by atoms with Gasteiger partial charge in [-0.3, -0.25) is 4.79 Å². The summed E-state index contributed by atoms with van der Waals surface area (Å²) in [6.07, 6.45) is 3.54. The first-order valence-corrected chi connectivity index (χ1v) is 9.64. The van der Waals surface area contributed by atoms with Gasteiger partial charge in [0.2, 0.25) is 0 Å². The zero-order chi connectivity index (χ0) is 12.0. The first-order chi connectivity index (χ1) is 7.40. The van der Waals surface area contributed by atoms with Crippen LogP contribution in [0, 0.1) is 22.7 Å². The molecule has 0 aliphatic heterocycles. The third kappa shape index (κ3) is 1.56. The van der Waals surface area contributed by atoms with Crippen LogP contribution in [0.5, 0.6) is 0 Å². The fraction of sp³-hybridized carbons (Fsp3) is 0.692. The summed E-state index contributed by atoms with van der Waals surface area (Å²) in [5.41, 5.74) is 2.74. The van der Waals surface area contributed by atoms with Crippen LogP contribution >= 0.6 is 0 Å². The quantitative estimate of drug-likeness (QED) is 0.653. The smallest absolute Gasteiger partial charge is 0.157 e. The maximum absolute atomic E-state index is 12.1. The fourth-order valence-electron chi connectivity index (χ4n) is 3.21. The van der Waals surface area contributed by atoms with Gasteiger partial charge in [-0.1, -0.05) is 30.9 Å². The van der Waals surface area contributed by atoms with Gasteiger partial charge >= 0.3 is 0 Å². The third-order valence-electron chi connectivity index (χ3n) is 3.82. The van der Waals surface area contributed by atoms with E-state index in [2.05, 4.69) is 31.4 Å². The number of ketones is 1. The first kappa shape index (κ1) is 11.6. The van der Waals surface area contributed by atoms with Gasteiger partial charge < -0.3 is 0 Å². The lowest BCUT2D eigenvalue weighted by Gasteiger charge is -2.23. The van der Waals surface area contributed by atoms with E-state index in [0.29, 0.717) is 12.3 Å². The van der Waals surface area contributed by atoms with Crippen LogP contribution in [0.25, 0.3) is 0 Å². The first-order valence-electron chi connectivity index (χ1n) is 6.07. The molecule has 2 rings (SSSR count). The molecule has 0 aromatic carbocycles. The van der Waals surface area contributed by atoms with E-state index in [1.807, 2.05) is 0 Å². The molecular weight excluding hydrogens is 214 g/mol.